The molecule has 0 atom stereocenters. The molecule has 0 saturated heterocycles. The highest BCUT2D eigenvalue weighted by Crippen LogP contribution is 2.46. The lowest BCUT2D eigenvalue weighted by Gasteiger charge is -2.15. The van der Waals surface area contributed by atoms with E-state index in [9.17, 15) is 9.59 Å². The zero-order valence-electron chi connectivity index (χ0n) is 14.0. The van der Waals surface area contributed by atoms with Crippen LogP contribution in [-0.4, -0.2) is 23.6 Å². The smallest absolute Gasteiger partial charge is 0.319 e. The van der Waals surface area contributed by atoms with Crippen molar-refractivity contribution >= 4 is 11.9 Å². The fourth-order valence-electron chi connectivity index (χ4n) is 2.35. The van der Waals surface area contributed by atoms with Gasteiger partial charge in [0.1, 0.15) is 11.2 Å². The number of hydrogen-bond acceptors (Lipinski definition) is 3. The van der Waals surface area contributed by atoms with E-state index in [2.05, 4.69) is 19.2 Å². The van der Waals surface area contributed by atoms with Crippen molar-refractivity contribution in [2.75, 3.05) is 6.61 Å². The first-order chi connectivity index (χ1) is 10.8. The Balaban J connectivity index is 1.99. The standard InChI is InChI=1S/C18H25NO4/c1-12(2)6-9-23-15-10-13(3)4-5-14(15)11-19-16(20)18(7-8-18)17(21)22/h4-5,10,12H,6-9,11H2,1-3H3,(H,19,20)(H,21,22). The summed E-state index contributed by atoms with van der Waals surface area (Å²) in [6, 6.07) is 5.83. The maximum absolute atomic E-state index is 12.1. The van der Waals surface area contributed by atoms with Gasteiger partial charge in [-0.3, -0.25) is 9.59 Å². The molecule has 0 spiro atoms. The highest BCUT2D eigenvalue weighted by Gasteiger charge is 2.56. The van der Waals surface area contributed by atoms with Gasteiger partial charge in [-0.05, 0) is 43.7 Å². The number of hydrogen-bond donors (Lipinski definition) is 2. The topological polar surface area (TPSA) is 75.6 Å². The molecule has 1 aromatic carbocycles. The van der Waals surface area contributed by atoms with Crippen LogP contribution in [0.1, 0.15) is 44.2 Å². The van der Waals surface area contributed by atoms with E-state index < -0.39 is 17.3 Å². The highest BCUT2D eigenvalue weighted by atomic mass is 16.5. The number of aliphatic carboxylic acids is 1. The Bertz CT molecular complexity index is 591. The van der Waals surface area contributed by atoms with Crippen LogP contribution in [0.2, 0.25) is 0 Å². The van der Waals surface area contributed by atoms with Crippen molar-refractivity contribution in [2.45, 2.75) is 46.6 Å². The summed E-state index contributed by atoms with van der Waals surface area (Å²) in [7, 11) is 0. The monoisotopic (exact) mass is 319 g/mol. The van der Waals surface area contributed by atoms with Crippen LogP contribution in [0.15, 0.2) is 18.2 Å². The third-order valence-electron chi connectivity index (χ3n) is 4.21. The van der Waals surface area contributed by atoms with Gasteiger partial charge in [0.2, 0.25) is 5.91 Å². The molecular weight excluding hydrogens is 294 g/mol. The first kappa shape index (κ1) is 17.3. The Morgan fingerprint density at radius 1 is 1.35 bits per heavy atom. The molecule has 1 aromatic rings. The maximum atomic E-state index is 12.1. The Kier molecular flexibility index (Phi) is 5.29. The van der Waals surface area contributed by atoms with Gasteiger partial charge in [0.15, 0.2) is 0 Å². The Hall–Kier alpha value is -2.04. The molecule has 23 heavy (non-hydrogen) atoms. The SMILES string of the molecule is Cc1ccc(CNC(=O)C2(C(=O)O)CC2)c(OCCC(C)C)c1. The molecular formula is C18H25NO4. The van der Waals surface area contributed by atoms with E-state index in [1.54, 1.807) is 0 Å². The lowest BCUT2D eigenvalue weighted by molar-refractivity contribution is -0.149. The third-order valence-corrected chi connectivity index (χ3v) is 4.21. The predicted molar refractivity (Wildman–Crippen MR) is 87.3 cm³/mol. The second-order valence-electron chi connectivity index (χ2n) is 6.71. The van der Waals surface area contributed by atoms with E-state index in [1.807, 2.05) is 25.1 Å². The largest absolute Gasteiger partial charge is 0.493 e. The second kappa shape index (κ2) is 7.02. The van der Waals surface area contributed by atoms with Crippen LogP contribution < -0.4 is 10.1 Å². The number of carbonyl (C=O) groups excluding carboxylic acids is 1. The summed E-state index contributed by atoms with van der Waals surface area (Å²) in [5.74, 6) is -0.120. The van der Waals surface area contributed by atoms with Crippen molar-refractivity contribution in [1.82, 2.24) is 5.32 Å². The minimum Gasteiger partial charge on any atom is -0.493 e. The van der Waals surface area contributed by atoms with Crippen molar-refractivity contribution in [1.29, 1.82) is 0 Å². The van der Waals surface area contributed by atoms with Gasteiger partial charge in [0.25, 0.3) is 0 Å². The number of aryl methyl sites for hydroxylation is 1. The number of nitrogens with one attached hydrogen (secondary N) is 1. The zero-order chi connectivity index (χ0) is 17.0. The summed E-state index contributed by atoms with van der Waals surface area (Å²) in [6.07, 6.45) is 1.79. The van der Waals surface area contributed by atoms with Crippen LogP contribution in [0.4, 0.5) is 0 Å². The Morgan fingerprint density at radius 3 is 2.61 bits per heavy atom. The van der Waals surface area contributed by atoms with E-state index in [0.29, 0.717) is 25.4 Å². The molecule has 126 valence electrons. The Labute approximate surface area is 137 Å². The fourth-order valence-corrected chi connectivity index (χ4v) is 2.35. The predicted octanol–water partition coefficient (Wildman–Crippen LogP) is 2.90. The minimum absolute atomic E-state index is 0.283. The van der Waals surface area contributed by atoms with Crippen molar-refractivity contribution in [3.63, 3.8) is 0 Å². The van der Waals surface area contributed by atoms with Gasteiger partial charge < -0.3 is 15.2 Å². The number of benzene rings is 1. The van der Waals surface area contributed by atoms with Gasteiger partial charge in [0, 0.05) is 12.1 Å². The van der Waals surface area contributed by atoms with Gasteiger partial charge in [-0.25, -0.2) is 0 Å². The first-order valence-corrected chi connectivity index (χ1v) is 8.09. The number of carbonyl (C=O) groups is 2. The third kappa shape index (κ3) is 4.24. The molecule has 2 rings (SSSR count). The van der Waals surface area contributed by atoms with Crippen LogP contribution in [0.5, 0.6) is 5.75 Å². The molecule has 5 nitrogen and oxygen atoms in total. The molecule has 0 aromatic heterocycles. The van der Waals surface area contributed by atoms with Crippen molar-refractivity contribution in [3.8, 4) is 5.75 Å². The minimum atomic E-state index is -1.20. The maximum Gasteiger partial charge on any atom is 0.319 e. The number of ether oxygens (including phenoxy) is 1. The molecule has 1 aliphatic rings. The summed E-state index contributed by atoms with van der Waals surface area (Å²) in [4.78, 5) is 23.3. The number of carboxylic acids is 1. The van der Waals surface area contributed by atoms with Gasteiger partial charge in [0.05, 0.1) is 6.61 Å². The van der Waals surface area contributed by atoms with Crippen LogP contribution in [0.3, 0.4) is 0 Å². The molecule has 0 aliphatic heterocycles. The molecule has 0 unspecified atom stereocenters. The van der Waals surface area contributed by atoms with Crippen molar-refractivity contribution in [2.24, 2.45) is 11.3 Å². The lowest BCUT2D eigenvalue weighted by Crippen LogP contribution is -2.36. The molecule has 2 N–H and O–H groups in total. The molecule has 0 radical (unpaired) electrons. The average molecular weight is 319 g/mol. The normalized spacial score (nSPS) is 15.3. The van der Waals surface area contributed by atoms with Crippen LogP contribution >= 0.6 is 0 Å². The van der Waals surface area contributed by atoms with Crippen molar-refractivity contribution < 1.29 is 19.4 Å². The zero-order valence-corrected chi connectivity index (χ0v) is 14.0. The van der Waals surface area contributed by atoms with E-state index >= 15 is 0 Å². The molecule has 0 bridgehead atoms. The fraction of sp³-hybridized carbons (Fsp3) is 0.556. The van der Waals surface area contributed by atoms with E-state index in [0.717, 1.165) is 23.3 Å². The number of amides is 1. The first-order valence-electron chi connectivity index (χ1n) is 8.09. The molecule has 1 aliphatic carbocycles. The second-order valence-corrected chi connectivity index (χ2v) is 6.71. The van der Waals surface area contributed by atoms with Crippen molar-refractivity contribution in [3.05, 3.63) is 29.3 Å². The van der Waals surface area contributed by atoms with Crippen LogP contribution in [0.25, 0.3) is 0 Å². The summed E-state index contributed by atoms with van der Waals surface area (Å²) in [5.41, 5.74) is 0.751. The van der Waals surface area contributed by atoms with E-state index in [4.69, 9.17) is 9.84 Å². The molecule has 5 heteroatoms. The van der Waals surface area contributed by atoms with E-state index in [-0.39, 0.29) is 6.54 Å². The van der Waals surface area contributed by atoms with Gasteiger partial charge in [-0.2, -0.15) is 0 Å². The quantitative estimate of drug-likeness (QED) is 0.722. The Morgan fingerprint density at radius 2 is 2.04 bits per heavy atom. The number of carboxylic acid groups (broad SMARTS) is 1. The molecule has 1 saturated carbocycles. The summed E-state index contributed by atoms with van der Waals surface area (Å²) < 4.78 is 5.84. The highest BCUT2D eigenvalue weighted by molar-refractivity contribution is 6.04. The molecule has 1 fully saturated rings. The summed E-state index contributed by atoms with van der Waals surface area (Å²) in [5, 5.41) is 11.9. The average Bonchev–Trinajstić information content (AvgIpc) is 3.27. The van der Waals surface area contributed by atoms with Crippen LogP contribution in [0, 0.1) is 18.3 Å². The van der Waals surface area contributed by atoms with Crippen LogP contribution in [-0.2, 0) is 16.1 Å². The summed E-state index contributed by atoms with van der Waals surface area (Å²) >= 11 is 0. The van der Waals surface area contributed by atoms with Gasteiger partial charge in [-0.1, -0.05) is 26.0 Å². The lowest BCUT2D eigenvalue weighted by atomic mass is 10.1. The van der Waals surface area contributed by atoms with Gasteiger partial charge >= 0.3 is 5.97 Å². The molecule has 1 amide bonds. The molecule has 0 heterocycles. The number of rotatable bonds is 8. The van der Waals surface area contributed by atoms with Gasteiger partial charge in [-0.15, -0.1) is 0 Å². The summed E-state index contributed by atoms with van der Waals surface area (Å²) in [6.45, 7) is 7.18. The van der Waals surface area contributed by atoms with E-state index in [1.165, 1.54) is 0 Å².